The maximum absolute atomic E-state index is 12.7. The highest BCUT2D eigenvalue weighted by Gasteiger charge is 2.24. The minimum atomic E-state index is -3.74. The van der Waals surface area contributed by atoms with Crippen LogP contribution in [0.4, 0.5) is 11.4 Å². The SMILES string of the molecule is CS(=O)(=O)N(CC(=O)NCc1ccc(N2CCCC2)cc1)c1ccccc1Oc1ccccc1. The Labute approximate surface area is 201 Å². The summed E-state index contributed by atoms with van der Waals surface area (Å²) in [5, 5.41) is 2.83. The summed E-state index contributed by atoms with van der Waals surface area (Å²) in [6, 6.07) is 24.0. The second kappa shape index (κ2) is 10.6. The molecule has 3 aromatic carbocycles. The molecule has 0 aliphatic carbocycles. The average Bonchev–Trinajstić information content (AvgIpc) is 3.37. The Bertz CT molecular complexity index is 1210. The standard InChI is InChI=1S/C26H29N3O4S/c1-34(31,32)29(24-11-5-6-12-25(24)33-23-9-3-2-4-10-23)20-26(30)27-19-21-13-15-22(16-14-21)28-17-7-8-18-28/h2-6,9-16H,7-8,17-20H2,1H3,(H,27,30). The molecular formula is C26H29N3O4S. The average molecular weight is 480 g/mol. The number of anilines is 2. The van der Waals surface area contributed by atoms with Gasteiger partial charge in [-0.25, -0.2) is 8.42 Å². The van der Waals surface area contributed by atoms with Gasteiger partial charge >= 0.3 is 0 Å². The quantitative estimate of drug-likeness (QED) is 0.499. The smallest absolute Gasteiger partial charge is 0.241 e. The van der Waals surface area contributed by atoms with Gasteiger partial charge in [0, 0.05) is 25.3 Å². The molecule has 1 saturated heterocycles. The van der Waals surface area contributed by atoms with E-state index in [9.17, 15) is 13.2 Å². The second-order valence-corrected chi connectivity index (χ2v) is 10.2. The van der Waals surface area contributed by atoms with Crippen LogP contribution in [0, 0.1) is 0 Å². The van der Waals surface area contributed by atoms with Gasteiger partial charge in [0.2, 0.25) is 15.9 Å². The number of carbonyl (C=O) groups excluding carboxylic acids is 1. The van der Waals surface area contributed by atoms with E-state index in [0.29, 0.717) is 23.7 Å². The second-order valence-electron chi connectivity index (χ2n) is 8.29. The molecule has 3 aromatic rings. The van der Waals surface area contributed by atoms with Crippen molar-refractivity contribution in [1.29, 1.82) is 0 Å². The zero-order chi connectivity index (χ0) is 24.0. The largest absolute Gasteiger partial charge is 0.455 e. The Balaban J connectivity index is 1.43. The zero-order valence-electron chi connectivity index (χ0n) is 19.2. The van der Waals surface area contributed by atoms with Gasteiger partial charge in [0.05, 0.1) is 11.9 Å². The van der Waals surface area contributed by atoms with E-state index >= 15 is 0 Å². The van der Waals surface area contributed by atoms with E-state index in [4.69, 9.17) is 4.74 Å². The van der Waals surface area contributed by atoms with Crippen LogP contribution in [0.1, 0.15) is 18.4 Å². The number of para-hydroxylation sites is 3. The Kier molecular flexibility index (Phi) is 7.37. The van der Waals surface area contributed by atoms with Crippen molar-refractivity contribution in [3.63, 3.8) is 0 Å². The molecule has 4 rings (SSSR count). The number of ether oxygens (including phenoxy) is 1. The Morgan fingerprint density at radius 2 is 1.59 bits per heavy atom. The van der Waals surface area contributed by atoms with E-state index in [0.717, 1.165) is 29.2 Å². The molecule has 1 heterocycles. The minimum Gasteiger partial charge on any atom is -0.455 e. The molecule has 7 nitrogen and oxygen atoms in total. The molecular weight excluding hydrogens is 450 g/mol. The Hall–Kier alpha value is -3.52. The molecule has 8 heteroatoms. The van der Waals surface area contributed by atoms with Crippen molar-refractivity contribution in [2.45, 2.75) is 19.4 Å². The molecule has 1 aliphatic heterocycles. The summed E-state index contributed by atoms with van der Waals surface area (Å²) in [5.74, 6) is 0.526. The molecule has 1 aliphatic rings. The van der Waals surface area contributed by atoms with E-state index in [1.54, 1.807) is 36.4 Å². The van der Waals surface area contributed by atoms with Crippen LogP contribution in [0.15, 0.2) is 78.9 Å². The first-order valence-electron chi connectivity index (χ1n) is 11.3. The van der Waals surface area contributed by atoms with Gasteiger partial charge in [0.25, 0.3) is 0 Å². The van der Waals surface area contributed by atoms with Crippen molar-refractivity contribution in [3.05, 3.63) is 84.4 Å². The predicted octanol–water partition coefficient (Wildman–Crippen LogP) is 4.16. The first-order valence-corrected chi connectivity index (χ1v) is 13.2. The van der Waals surface area contributed by atoms with Gasteiger partial charge in [0.15, 0.2) is 5.75 Å². The highest BCUT2D eigenvalue weighted by Crippen LogP contribution is 2.33. The lowest BCUT2D eigenvalue weighted by molar-refractivity contribution is -0.119. The molecule has 1 fully saturated rings. The summed E-state index contributed by atoms with van der Waals surface area (Å²) < 4.78 is 32.2. The number of amides is 1. The molecule has 1 N–H and O–H groups in total. The van der Waals surface area contributed by atoms with Crippen LogP contribution in [0.25, 0.3) is 0 Å². The summed E-state index contributed by atoms with van der Waals surface area (Å²) in [6.45, 7) is 2.12. The van der Waals surface area contributed by atoms with Crippen molar-refractivity contribution < 1.29 is 17.9 Å². The van der Waals surface area contributed by atoms with E-state index in [1.165, 1.54) is 18.5 Å². The Morgan fingerprint density at radius 3 is 2.26 bits per heavy atom. The molecule has 0 aromatic heterocycles. The van der Waals surface area contributed by atoms with E-state index < -0.39 is 15.9 Å². The van der Waals surface area contributed by atoms with Crippen LogP contribution < -0.4 is 19.3 Å². The van der Waals surface area contributed by atoms with Crippen LogP contribution in [0.2, 0.25) is 0 Å². The van der Waals surface area contributed by atoms with Gasteiger partial charge in [-0.3, -0.25) is 9.10 Å². The molecule has 0 saturated carbocycles. The van der Waals surface area contributed by atoms with Gasteiger partial charge in [-0.05, 0) is 54.8 Å². The summed E-state index contributed by atoms with van der Waals surface area (Å²) in [6.07, 6.45) is 3.51. The first-order chi connectivity index (χ1) is 16.4. The van der Waals surface area contributed by atoms with E-state index in [2.05, 4.69) is 22.3 Å². The fourth-order valence-corrected chi connectivity index (χ4v) is 4.79. The number of nitrogens with zero attached hydrogens (tertiary/aromatic N) is 2. The summed E-state index contributed by atoms with van der Waals surface area (Å²) in [4.78, 5) is 15.1. The van der Waals surface area contributed by atoms with Crippen LogP contribution in [-0.4, -0.2) is 40.2 Å². The van der Waals surface area contributed by atoms with Crippen molar-refractivity contribution in [2.75, 3.05) is 35.1 Å². The number of rotatable bonds is 9. The van der Waals surface area contributed by atoms with E-state index in [-0.39, 0.29) is 6.54 Å². The molecule has 1 amide bonds. The minimum absolute atomic E-state index is 0.305. The highest BCUT2D eigenvalue weighted by atomic mass is 32.2. The fourth-order valence-electron chi connectivity index (χ4n) is 3.93. The van der Waals surface area contributed by atoms with Crippen molar-refractivity contribution in [1.82, 2.24) is 5.32 Å². The first kappa shape index (κ1) is 23.6. The lowest BCUT2D eigenvalue weighted by atomic mass is 10.2. The number of hydrogen-bond acceptors (Lipinski definition) is 5. The summed E-state index contributed by atoms with van der Waals surface area (Å²) >= 11 is 0. The number of benzene rings is 3. The highest BCUT2D eigenvalue weighted by molar-refractivity contribution is 7.92. The predicted molar refractivity (Wildman–Crippen MR) is 135 cm³/mol. The van der Waals surface area contributed by atoms with Crippen LogP contribution in [-0.2, 0) is 21.4 Å². The fraction of sp³-hybridized carbons (Fsp3) is 0.269. The van der Waals surface area contributed by atoms with Gasteiger partial charge in [-0.2, -0.15) is 0 Å². The molecule has 178 valence electrons. The maximum Gasteiger partial charge on any atom is 0.241 e. The molecule has 0 unspecified atom stereocenters. The summed E-state index contributed by atoms with van der Waals surface area (Å²) in [5.41, 5.74) is 2.44. The third-order valence-corrected chi connectivity index (χ3v) is 6.82. The van der Waals surface area contributed by atoms with Gasteiger partial charge in [-0.15, -0.1) is 0 Å². The lowest BCUT2D eigenvalue weighted by Crippen LogP contribution is -2.40. The van der Waals surface area contributed by atoms with Gasteiger partial charge in [-0.1, -0.05) is 42.5 Å². The molecule has 34 heavy (non-hydrogen) atoms. The van der Waals surface area contributed by atoms with Crippen molar-refractivity contribution in [2.24, 2.45) is 0 Å². The summed E-state index contributed by atoms with van der Waals surface area (Å²) in [7, 11) is -3.74. The third kappa shape index (κ3) is 6.08. The Morgan fingerprint density at radius 1 is 0.941 bits per heavy atom. The maximum atomic E-state index is 12.7. The molecule has 0 spiro atoms. The number of nitrogens with one attached hydrogen (secondary N) is 1. The number of hydrogen-bond donors (Lipinski definition) is 1. The third-order valence-electron chi connectivity index (χ3n) is 5.69. The van der Waals surface area contributed by atoms with Crippen LogP contribution in [0.3, 0.4) is 0 Å². The number of carbonyl (C=O) groups is 1. The topological polar surface area (TPSA) is 79.0 Å². The van der Waals surface area contributed by atoms with Crippen LogP contribution >= 0.6 is 0 Å². The number of sulfonamides is 1. The monoisotopic (exact) mass is 479 g/mol. The van der Waals surface area contributed by atoms with Gasteiger partial charge in [0.1, 0.15) is 12.3 Å². The zero-order valence-corrected chi connectivity index (χ0v) is 20.0. The van der Waals surface area contributed by atoms with Crippen LogP contribution in [0.5, 0.6) is 11.5 Å². The molecule has 0 bridgehead atoms. The van der Waals surface area contributed by atoms with Crippen molar-refractivity contribution >= 4 is 27.3 Å². The lowest BCUT2D eigenvalue weighted by Gasteiger charge is -2.24. The molecule has 0 radical (unpaired) electrons. The molecule has 0 atom stereocenters. The normalized spacial score (nSPS) is 13.5. The van der Waals surface area contributed by atoms with Gasteiger partial charge < -0.3 is 15.0 Å². The van der Waals surface area contributed by atoms with E-state index in [1.807, 2.05) is 30.3 Å². The van der Waals surface area contributed by atoms with Crippen molar-refractivity contribution in [3.8, 4) is 11.5 Å².